The summed E-state index contributed by atoms with van der Waals surface area (Å²) in [6, 6.07) is -0.686. The van der Waals surface area contributed by atoms with E-state index in [9.17, 15) is 4.79 Å². The van der Waals surface area contributed by atoms with Crippen molar-refractivity contribution in [2.24, 2.45) is 5.73 Å². The number of carbonyl (C=O) groups is 1. The second-order valence-electron chi connectivity index (χ2n) is 5.59. The van der Waals surface area contributed by atoms with Crippen LogP contribution < -0.4 is 11.1 Å². The molecule has 0 aliphatic heterocycles. The first-order valence-electron chi connectivity index (χ1n) is 8.29. The zero-order chi connectivity index (χ0) is 16.2. The smallest absolute Gasteiger partial charge is 0.273 e. The van der Waals surface area contributed by atoms with Gasteiger partial charge in [-0.1, -0.05) is 51.9 Å². The summed E-state index contributed by atoms with van der Waals surface area (Å²) in [6.07, 6.45) is 11.1. The van der Waals surface area contributed by atoms with E-state index in [1.807, 2.05) is 0 Å². The molecule has 1 atom stereocenters. The number of hydrogen-bond donors (Lipinski definition) is 3. The van der Waals surface area contributed by atoms with Crippen molar-refractivity contribution in [1.29, 1.82) is 0 Å². The maximum absolute atomic E-state index is 11.8. The number of nitrogens with one attached hydrogen (secondary N) is 1. The fourth-order valence-corrected chi connectivity index (χ4v) is 2.19. The Morgan fingerprint density at radius 3 is 2.55 bits per heavy atom. The van der Waals surface area contributed by atoms with E-state index in [0.29, 0.717) is 6.54 Å². The van der Waals surface area contributed by atoms with Gasteiger partial charge in [0, 0.05) is 6.54 Å². The number of nitrogens with zero attached hydrogens (tertiary/aromatic N) is 1. The third-order valence-electron chi connectivity index (χ3n) is 3.58. The molecule has 0 aliphatic carbocycles. The fourth-order valence-electron chi connectivity index (χ4n) is 2.19. The Labute approximate surface area is 132 Å². The van der Waals surface area contributed by atoms with E-state index in [-0.39, 0.29) is 24.1 Å². The Bertz CT molecular complexity index is 421. The van der Waals surface area contributed by atoms with Crippen molar-refractivity contribution in [2.45, 2.75) is 64.3 Å². The lowest BCUT2D eigenvalue weighted by Gasteiger charge is -2.03. The molecule has 1 heterocycles. The van der Waals surface area contributed by atoms with Crippen LogP contribution in [0.5, 0.6) is 0 Å². The Morgan fingerprint density at radius 2 is 1.91 bits per heavy atom. The minimum Gasteiger partial charge on any atom is -0.446 e. The van der Waals surface area contributed by atoms with E-state index < -0.39 is 6.04 Å². The van der Waals surface area contributed by atoms with Crippen molar-refractivity contribution in [1.82, 2.24) is 10.3 Å². The topological polar surface area (TPSA) is 101 Å². The molecule has 1 unspecified atom stereocenters. The third kappa shape index (κ3) is 7.04. The molecule has 1 aromatic heterocycles. The van der Waals surface area contributed by atoms with Crippen LogP contribution in [0.4, 0.5) is 0 Å². The molecule has 0 spiro atoms. The molecule has 0 fully saturated rings. The van der Waals surface area contributed by atoms with Crippen molar-refractivity contribution in [3.05, 3.63) is 17.8 Å². The lowest BCUT2D eigenvalue weighted by atomic mass is 10.1. The fraction of sp³-hybridized carbons (Fsp3) is 0.750. The van der Waals surface area contributed by atoms with Gasteiger partial charge in [0.25, 0.3) is 5.91 Å². The molecule has 0 bridgehead atoms. The number of nitrogens with two attached hydrogens (primary N) is 1. The predicted molar refractivity (Wildman–Crippen MR) is 85.5 cm³/mol. The molecular weight excluding hydrogens is 282 g/mol. The van der Waals surface area contributed by atoms with E-state index in [2.05, 4.69) is 17.2 Å². The number of carbonyl (C=O) groups excluding carboxylic acids is 1. The van der Waals surface area contributed by atoms with Gasteiger partial charge in [-0.2, -0.15) is 0 Å². The molecule has 0 radical (unpaired) electrons. The van der Waals surface area contributed by atoms with Crippen LogP contribution in [0.25, 0.3) is 0 Å². The Morgan fingerprint density at radius 1 is 1.27 bits per heavy atom. The first-order valence-corrected chi connectivity index (χ1v) is 8.29. The molecular formula is C16H29N3O3. The molecule has 1 amide bonds. The van der Waals surface area contributed by atoms with Crippen LogP contribution >= 0.6 is 0 Å². The third-order valence-corrected chi connectivity index (χ3v) is 3.58. The van der Waals surface area contributed by atoms with Crippen LogP contribution in [0.15, 0.2) is 10.7 Å². The monoisotopic (exact) mass is 311 g/mol. The van der Waals surface area contributed by atoms with Crippen LogP contribution in [0.1, 0.15) is 80.7 Å². The maximum Gasteiger partial charge on any atom is 0.273 e. The lowest BCUT2D eigenvalue weighted by Crippen LogP contribution is -2.25. The first kappa shape index (κ1) is 18.6. The summed E-state index contributed by atoms with van der Waals surface area (Å²) in [5.74, 6) is -0.0807. The highest BCUT2D eigenvalue weighted by Gasteiger charge is 2.15. The largest absolute Gasteiger partial charge is 0.446 e. The number of aliphatic hydroxyl groups is 1. The van der Waals surface area contributed by atoms with Crippen molar-refractivity contribution in [3.8, 4) is 0 Å². The van der Waals surface area contributed by atoms with E-state index >= 15 is 0 Å². The average molecular weight is 311 g/mol. The van der Waals surface area contributed by atoms with Gasteiger partial charge in [0.05, 0.1) is 6.61 Å². The van der Waals surface area contributed by atoms with Gasteiger partial charge < -0.3 is 20.6 Å². The van der Waals surface area contributed by atoms with Crippen molar-refractivity contribution < 1.29 is 14.3 Å². The molecule has 1 aromatic rings. The molecule has 6 heteroatoms. The molecule has 126 valence electrons. The van der Waals surface area contributed by atoms with E-state index in [1.165, 1.54) is 44.8 Å². The van der Waals surface area contributed by atoms with Gasteiger partial charge in [-0.05, 0) is 6.42 Å². The van der Waals surface area contributed by atoms with Gasteiger partial charge in [0.1, 0.15) is 12.3 Å². The molecule has 0 saturated heterocycles. The van der Waals surface area contributed by atoms with Crippen molar-refractivity contribution >= 4 is 5.91 Å². The number of amides is 1. The maximum atomic E-state index is 11.8. The standard InChI is InChI=1S/C16H29N3O3/c1-2-3-4-5-6-7-8-9-10-18-15(21)14-12-22-16(19-14)13(17)11-20/h12-13,20H,2-11,17H2,1H3,(H,18,21). The van der Waals surface area contributed by atoms with Crippen molar-refractivity contribution in [2.75, 3.05) is 13.2 Å². The van der Waals surface area contributed by atoms with E-state index in [1.54, 1.807) is 0 Å². The zero-order valence-electron chi connectivity index (χ0n) is 13.5. The molecule has 0 aromatic carbocycles. The second-order valence-corrected chi connectivity index (χ2v) is 5.59. The molecule has 22 heavy (non-hydrogen) atoms. The van der Waals surface area contributed by atoms with Crippen LogP contribution in [0.3, 0.4) is 0 Å². The van der Waals surface area contributed by atoms with E-state index in [0.717, 1.165) is 12.8 Å². The summed E-state index contributed by atoms with van der Waals surface area (Å²) in [4.78, 5) is 15.8. The van der Waals surface area contributed by atoms with Gasteiger partial charge in [-0.25, -0.2) is 4.98 Å². The van der Waals surface area contributed by atoms with Crippen molar-refractivity contribution in [3.63, 3.8) is 0 Å². The van der Waals surface area contributed by atoms with Crippen LogP contribution in [0, 0.1) is 0 Å². The normalized spacial score (nSPS) is 12.3. The van der Waals surface area contributed by atoms with Gasteiger partial charge in [-0.3, -0.25) is 4.79 Å². The summed E-state index contributed by atoms with van der Waals surface area (Å²) >= 11 is 0. The molecule has 0 aliphatic rings. The minimum absolute atomic E-state index is 0.180. The van der Waals surface area contributed by atoms with Crippen LogP contribution in [-0.2, 0) is 0 Å². The Balaban J connectivity index is 2.09. The molecule has 6 nitrogen and oxygen atoms in total. The zero-order valence-corrected chi connectivity index (χ0v) is 13.5. The summed E-state index contributed by atoms with van der Waals surface area (Å²) in [5.41, 5.74) is 5.78. The summed E-state index contributed by atoms with van der Waals surface area (Å²) < 4.78 is 5.07. The highest BCUT2D eigenvalue weighted by molar-refractivity contribution is 5.91. The first-order chi connectivity index (χ1) is 10.7. The molecule has 1 rings (SSSR count). The Kier molecular flexibility index (Phi) is 9.50. The number of oxazole rings is 1. The second kappa shape index (κ2) is 11.2. The summed E-state index contributed by atoms with van der Waals surface area (Å²) in [7, 11) is 0. The van der Waals surface area contributed by atoms with E-state index in [4.69, 9.17) is 15.3 Å². The van der Waals surface area contributed by atoms with Gasteiger partial charge in [-0.15, -0.1) is 0 Å². The number of rotatable bonds is 12. The summed E-state index contributed by atoms with van der Waals surface area (Å²) in [5, 5.41) is 11.7. The Hall–Kier alpha value is -1.40. The highest BCUT2D eigenvalue weighted by atomic mass is 16.3. The van der Waals surface area contributed by atoms with Gasteiger partial charge in [0.2, 0.25) is 5.89 Å². The SMILES string of the molecule is CCCCCCCCCCNC(=O)c1coc(C(N)CO)n1. The number of aromatic nitrogens is 1. The number of unbranched alkanes of at least 4 members (excludes halogenated alkanes) is 7. The average Bonchev–Trinajstić information content (AvgIpc) is 3.02. The quantitative estimate of drug-likeness (QED) is 0.515. The minimum atomic E-state index is -0.686. The predicted octanol–water partition coefficient (Wildman–Crippen LogP) is 2.54. The number of hydrogen-bond acceptors (Lipinski definition) is 5. The number of aliphatic hydroxyl groups excluding tert-OH is 1. The van der Waals surface area contributed by atoms with Gasteiger partial charge >= 0.3 is 0 Å². The molecule has 0 saturated carbocycles. The van der Waals surface area contributed by atoms with Crippen LogP contribution in [0.2, 0.25) is 0 Å². The van der Waals surface area contributed by atoms with Crippen LogP contribution in [-0.4, -0.2) is 29.1 Å². The van der Waals surface area contributed by atoms with Gasteiger partial charge in [0.15, 0.2) is 5.69 Å². The summed E-state index contributed by atoms with van der Waals surface area (Å²) in [6.45, 7) is 2.60. The lowest BCUT2D eigenvalue weighted by molar-refractivity contribution is 0.0948. The highest BCUT2D eigenvalue weighted by Crippen LogP contribution is 2.10. The molecule has 4 N–H and O–H groups in total.